The average Bonchev–Trinajstić information content (AvgIpc) is 2.56. The molecule has 0 atom stereocenters. The highest BCUT2D eigenvalue weighted by atomic mass is 32.2. The second-order valence-electron chi connectivity index (χ2n) is 5.13. The zero-order chi connectivity index (χ0) is 16.4. The molecule has 6 nitrogen and oxygen atoms in total. The molecule has 0 fully saturated rings. The van der Waals surface area contributed by atoms with Crippen LogP contribution in [0, 0.1) is 6.92 Å². The van der Waals surface area contributed by atoms with E-state index in [4.69, 9.17) is 4.74 Å². The maximum Gasteiger partial charge on any atom is 0.264 e. The number of nitrogens with zero attached hydrogens (tertiary/aromatic N) is 3. The normalized spacial score (nSPS) is 13.5. The van der Waals surface area contributed by atoms with E-state index < -0.39 is 0 Å². The van der Waals surface area contributed by atoms with Crippen LogP contribution < -0.4 is 9.64 Å². The number of aromatic nitrogens is 2. The van der Waals surface area contributed by atoms with Crippen LogP contribution in [0.2, 0.25) is 0 Å². The molecule has 7 heteroatoms. The summed E-state index contributed by atoms with van der Waals surface area (Å²) in [5.41, 5.74) is 2.03. The number of hydrogen-bond donors (Lipinski definition) is 0. The van der Waals surface area contributed by atoms with E-state index in [1.54, 1.807) is 25.2 Å². The molecule has 0 radical (unpaired) electrons. The number of Topliss-reactive ketones (excluding diaryl/α,β-unsaturated/α-hetero) is 1. The monoisotopic (exact) mass is 329 g/mol. The fourth-order valence-electron chi connectivity index (χ4n) is 2.18. The Balaban J connectivity index is 1.74. The van der Waals surface area contributed by atoms with Gasteiger partial charge in [0, 0.05) is 18.3 Å². The van der Waals surface area contributed by atoms with Gasteiger partial charge in [-0.15, -0.1) is 0 Å². The topological polar surface area (TPSA) is 72.4 Å². The van der Waals surface area contributed by atoms with Gasteiger partial charge in [-0.2, -0.15) is 0 Å². The molecule has 0 N–H and O–H groups in total. The number of aryl methyl sites for hydroxylation is 1. The number of carbonyl (C=O) groups is 2. The summed E-state index contributed by atoms with van der Waals surface area (Å²) in [6, 6.07) is 6.98. The molecule has 23 heavy (non-hydrogen) atoms. The number of likely N-dealkylation sites (N-methyl/N-ethyl adjacent to an activating group) is 1. The molecular weight excluding hydrogens is 314 g/mol. The molecule has 1 aliphatic rings. The van der Waals surface area contributed by atoms with Crippen molar-refractivity contribution < 1.29 is 14.3 Å². The lowest BCUT2D eigenvalue weighted by atomic mass is 10.1. The van der Waals surface area contributed by atoms with Gasteiger partial charge in [0.25, 0.3) is 5.91 Å². The van der Waals surface area contributed by atoms with Crippen LogP contribution in [0.5, 0.6) is 5.75 Å². The predicted octanol–water partition coefficient (Wildman–Crippen LogP) is 2.12. The van der Waals surface area contributed by atoms with Crippen molar-refractivity contribution in [3.8, 4) is 5.75 Å². The Morgan fingerprint density at radius 3 is 2.96 bits per heavy atom. The summed E-state index contributed by atoms with van der Waals surface area (Å²) >= 11 is 1.36. The van der Waals surface area contributed by atoms with Gasteiger partial charge in [0.1, 0.15) is 17.1 Å². The van der Waals surface area contributed by atoms with Crippen LogP contribution >= 0.6 is 11.8 Å². The maximum atomic E-state index is 12.4. The van der Waals surface area contributed by atoms with E-state index in [1.165, 1.54) is 23.0 Å². The van der Waals surface area contributed by atoms with Crippen LogP contribution in [0.1, 0.15) is 16.1 Å². The van der Waals surface area contributed by atoms with Crippen LogP contribution in [0.25, 0.3) is 0 Å². The molecule has 1 aromatic carbocycles. The van der Waals surface area contributed by atoms with Gasteiger partial charge < -0.3 is 9.64 Å². The Labute approximate surface area is 137 Å². The smallest absolute Gasteiger partial charge is 0.264 e. The first kappa shape index (κ1) is 15.5. The minimum Gasteiger partial charge on any atom is -0.482 e. The van der Waals surface area contributed by atoms with Crippen molar-refractivity contribution in [2.75, 3.05) is 24.3 Å². The lowest BCUT2D eigenvalue weighted by molar-refractivity contribution is -0.120. The summed E-state index contributed by atoms with van der Waals surface area (Å²) in [6.07, 6.45) is 1.49. The van der Waals surface area contributed by atoms with Crippen molar-refractivity contribution in [2.45, 2.75) is 11.9 Å². The minimum absolute atomic E-state index is 0.0273. The number of benzene rings is 1. The second-order valence-corrected chi connectivity index (χ2v) is 6.13. The van der Waals surface area contributed by atoms with Crippen LogP contribution in [-0.2, 0) is 4.79 Å². The highest BCUT2D eigenvalue weighted by Gasteiger charge is 2.23. The van der Waals surface area contributed by atoms with Gasteiger partial charge in [-0.3, -0.25) is 9.59 Å². The molecule has 2 heterocycles. The molecule has 118 valence electrons. The van der Waals surface area contributed by atoms with Gasteiger partial charge in [-0.25, -0.2) is 9.97 Å². The predicted molar refractivity (Wildman–Crippen MR) is 87.2 cm³/mol. The molecule has 1 aliphatic heterocycles. The van der Waals surface area contributed by atoms with E-state index in [0.717, 1.165) is 10.7 Å². The summed E-state index contributed by atoms with van der Waals surface area (Å²) in [6.45, 7) is 1.91. The lowest BCUT2D eigenvalue weighted by Gasteiger charge is -2.26. The lowest BCUT2D eigenvalue weighted by Crippen LogP contribution is -2.35. The van der Waals surface area contributed by atoms with Crippen LogP contribution in [0.15, 0.2) is 35.6 Å². The number of hydrogen-bond acceptors (Lipinski definition) is 6. The van der Waals surface area contributed by atoms with Gasteiger partial charge in [0.15, 0.2) is 12.4 Å². The maximum absolute atomic E-state index is 12.4. The van der Waals surface area contributed by atoms with Crippen molar-refractivity contribution in [3.05, 3.63) is 41.9 Å². The number of thioether (sulfide) groups is 1. The fourth-order valence-corrected chi connectivity index (χ4v) is 3.00. The Kier molecular flexibility index (Phi) is 4.29. The minimum atomic E-state index is -0.132. The van der Waals surface area contributed by atoms with E-state index in [1.807, 2.05) is 13.0 Å². The van der Waals surface area contributed by atoms with Gasteiger partial charge >= 0.3 is 0 Å². The molecule has 0 saturated carbocycles. The van der Waals surface area contributed by atoms with E-state index in [2.05, 4.69) is 9.97 Å². The van der Waals surface area contributed by atoms with E-state index in [0.29, 0.717) is 17.0 Å². The summed E-state index contributed by atoms with van der Waals surface area (Å²) in [7, 11) is 1.68. The van der Waals surface area contributed by atoms with Crippen LogP contribution in [-0.4, -0.2) is 41.1 Å². The molecule has 1 aromatic heterocycles. The Hall–Kier alpha value is -2.41. The van der Waals surface area contributed by atoms with Gasteiger partial charge in [-0.1, -0.05) is 11.8 Å². The number of fused-ring (bicyclic) bond motifs is 1. The van der Waals surface area contributed by atoms with Gasteiger partial charge in [0.05, 0.1) is 11.4 Å². The molecule has 0 aliphatic carbocycles. The third-order valence-corrected chi connectivity index (χ3v) is 4.42. The van der Waals surface area contributed by atoms with Crippen LogP contribution in [0.3, 0.4) is 0 Å². The third kappa shape index (κ3) is 3.34. The first-order chi connectivity index (χ1) is 11.0. The number of ether oxygens (including phenoxy) is 1. The summed E-state index contributed by atoms with van der Waals surface area (Å²) in [5, 5.41) is 0.763. The molecule has 1 amide bonds. The zero-order valence-corrected chi connectivity index (χ0v) is 13.6. The first-order valence-electron chi connectivity index (χ1n) is 7.02. The van der Waals surface area contributed by atoms with Crippen molar-refractivity contribution in [1.29, 1.82) is 0 Å². The van der Waals surface area contributed by atoms with Crippen molar-refractivity contribution in [1.82, 2.24) is 9.97 Å². The van der Waals surface area contributed by atoms with E-state index in [9.17, 15) is 9.59 Å². The third-order valence-electron chi connectivity index (χ3n) is 3.50. The zero-order valence-electron chi connectivity index (χ0n) is 12.8. The van der Waals surface area contributed by atoms with Crippen molar-refractivity contribution in [2.24, 2.45) is 0 Å². The number of rotatable bonds is 4. The SMILES string of the molecule is Cc1cc(SCC(=O)c2ccc3c(c2)N(C)C(=O)CO3)ncn1. The Morgan fingerprint density at radius 1 is 1.35 bits per heavy atom. The standard InChI is InChI=1S/C16H15N3O3S/c1-10-5-15(18-9-17-10)23-8-13(20)11-3-4-14-12(6-11)19(2)16(21)7-22-14/h3-6,9H,7-8H2,1-2H3. The number of anilines is 1. The summed E-state index contributed by atoms with van der Waals surface area (Å²) in [5.74, 6) is 0.726. The average molecular weight is 329 g/mol. The number of ketones is 1. The largest absolute Gasteiger partial charge is 0.482 e. The van der Waals surface area contributed by atoms with Crippen LogP contribution in [0.4, 0.5) is 5.69 Å². The molecule has 0 spiro atoms. The molecule has 0 saturated heterocycles. The molecule has 2 aromatic rings. The van der Waals surface area contributed by atoms with Gasteiger partial charge in [0.2, 0.25) is 0 Å². The number of carbonyl (C=O) groups excluding carboxylic acids is 2. The summed E-state index contributed by atoms with van der Waals surface area (Å²) < 4.78 is 5.36. The quantitative estimate of drug-likeness (QED) is 0.486. The molecular formula is C16H15N3O3S. The Morgan fingerprint density at radius 2 is 2.17 bits per heavy atom. The van der Waals surface area contributed by atoms with E-state index in [-0.39, 0.29) is 24.1 Å². The summed E-state index contributed by atoms with van der Waals surface area (Å²) in [4.78, 5) is 33.7. The highest BCUT2D eigenvalue weighted by Crippen LogP contribution is 2.32. The fraction of sp³-hybridized carbons (Fsp3) is 0.250. The van der Waals surface area contributed by atoms with Gasteiger partial charge in [-0.05, 0) is 31.2 Å². The molecule has 3 rings (SSSR count). The van der Waals surface area contributed by atoms with Crippen molar-refractivity contribution >= 4 is 29.1 Å². The molecule has 0 bridgehead atoms. The first-order valence-corrected chi connectivity index (χ1v) is 8.01. The highest BCUT2D eigenvalue weighted by molar-refractivity contribution is 7.99. The van der Waals surface area contributed by atoms with E-state index >= 15 is 0 Å². The molecule has 0 unspecified atom stereocenters. The second kappa shape index (κ2) is 6.37. The van der Waals surface area contributed by atoms with Crippen molar-refractivity contribution in [3.63, 3.8) is 0 Å². The Bertz CT molecular complexity index is 779. The number of amides is 1.